The van der Waals surface area contributed by atoms with Crippen molar-refractivity contribution >= 4 is 37.5 Å². The van der Waals surface area contributed by atoms with Gasteiger partial charge < -0.3 is 5.32 Å². The van der Waals surface area contributed by atoms with Gasteiger partial charge in [-0.1, -0.05) is 28.1 Å². The van der Waals surface area contributed by atoms with E-state index >= 15 is 0 Å². The predicted octanol–water partition coefficient (Wildman–Crippen LogP) is 5.47. The Hall–Kier alpha value is -1.23. The van der Waals surface area contributed by atoms with E-state index < -0.39 is 0 Å². The summed E-state index contributed by atoms with van der Waals surface area (Å²) in [5.74, 6) is 0. The zero-order valence-corrected chi connectivity index (χ0v) is 14.4. The van der Waals surface area contributed by atoms with Crippen LogP contribution in [0, 0.1) is 0 Å². The number of fused-ring (bicyclic) bond motifs is 1. The molecule has 3 aromatic rings. The lowest BCUT2D eigenvalue weighted by molar-refractivity contribution is 0.494. The van der Waals surface area contributed by atoms with E-state index in [0.717, 1.165) is 9.99 Å². The molecule has 2 atom stereocenters. The van der Waals surface area contributed by atoms with Crippen LogP contribution in [0.4, 0.5) is 0 Å². The van der Waals surface area contributed by atoms with Crippen molar-refractivity contribution in [3.8, 4) is 0 Å². The first-order chi connectivity index (χ1) is 10.1. The largest absolute Gasteiger partial charge is 0.304 e. The number of aromatic nitrogens is 1. The Morgan fingerprint density at radius 3 is 2.71 bits per heavy atom. The van der Waals surface area contributed by atoms with Crippen LogP contribution in [0.25, 0.3) is 10.2 Å². The molecule has 0 aliphatic rings. The standard InChI is InChI=1S/C17H17BrN2S/c1-11(13-4-3-5-15(18)8-13)20-12(2)14-9-17-16(19-10-14)6-7-21-17/h3-12,20H,1-2H3/t11-,12?/m0/s1. The van der Waals surface area contributed by atoms with Crippen LogP contribution in [-0.2, 0) is 0 Å². The summed E-state index contributed by atoms with van der Waals surface area (Å²) in [5.41, 5.74) is 3.59. The molecule has 1 unspecified atom stereocenters. The molecule has 3 rings (SSSR count). The number of benzene rings is 1. The first-order valence-corrected chi connectivity index (χ1v) is 8.65. The summed E-state index contributed by atoms with van der Waals surface area (Å²) in [6, 6.07) is 13.3. The van der Waals surface area contributed by atoms with Crippen LogP contribution >= 0.6 is 27.3 Å². The van der Waals surface area contributed by atoms with Gasteiger partial charge in [0, 0.05) is 22.8 Å². The highest BCUT2D eigenvalue weighted by Gasteiger charge is 2.12. The van der Waals surface area contributed by atoms with Gasteiger partial charge in [0.05, 0.1) is 10.2 Å². The molecule has 108 valence electrons. The van der Waals surface area contributed by atoms with Gasteiger partial charge in [-0.2, -0.15) is 0 Å². The zero-order chi connectivity index (χ0) is 14.8. The van der Waals surface area contributed by atoms with E-state index in [1.165, 1.54) is 15.8 Å². The van der Waals surface area contributed by atoms with E-state index in [0.29, 0.717) is 0 Å². The lowest BCUT2D eigenvalue weighted by Crippen LogP contribution is -2.22. The second-order valence-electron chi connectivity index (χ2n) is 5.24. The Morgan fingerprint density at radius 2 is 1.90 bits per heavy atom. The van der Waals surface area contributed by atoms with Crippen molar-refractivity contribution in [2.45, 2.75) is 25.9 Å². The fraction of sp³-hybridized carbons (Fsp3) is 0.235. The number of hydrogen-bond acceptors (Lipinski definition) is 3. The summed E-state index contributed by atoms with van der Waals surface area (Å²) >= 11 is 5.27. The molecular weight excluding hydrogens is 344 g/mol. The van der Waals surface area contributed by atoms with Crippen LogP contribution in [0.5, 0.6) is 0 Å². The second kappa shape index (κ2) is 6.26. The third-order valence-corrected chi connectivity index (χ3v) is 5.02. The molecule has 1 aromatic carbocycles. The van der Waals surface area contributed by atoms with Crippen molar-refractivity contribution in [1.82, 2.24) is 10.3 Å². The number of pyridine rings is 1. The van der Waals surface area contributed by atoms with Crippen LogP contribution in [0.1, 0.15) is 37.1 Å². The Kier molecular flexibility index (Phi) is 4.38. The minimum absolute atomic E-state index is 0.262. The maximum atomic E-state index is 4.52. The molecule has 0 spiro atoms. The molecule has 0 amide bonds. The minimum atomic E-state index is 0.262. The van der Waals surface area contributed by atoms with Crippen molar-refractivity contribution in [2.24, 2.45) is 0 Å². The van der Waals surface area contributed by atoms with Crippen molar-refractivity contribution < 1.29 is 0 Å². The maximum Gasteiger partial charge on any atom is 0.0809 e. The monoisotopic (exact) mass is 360 g/mol. The third kappa shape index (κ3) is 3.34. The summed E-state index contributed by atoms with van der Waals surface area (Å²) in [6.45, 7) is 4.38. The molecular formula is C17H17BrN2S. The molecule has 2 heterocycles. The predicted molar refractivity (Wildman–Crippen MR) is 93.7 cm³/mol. The molecule has 0 saturated heterocycles. The minimum Gasteiger partial charge on any atom is -0.304 e. The first kappa shape index (κ1) is 14.7. The molecule has 0 aliphatic heterocycles. The number of nitrogens with one attached hydrogen (secondary N) is 1. The molecule has 4 heteroatoms. The molecule has 2 nitrogen and oxygen atoms in total. The molecule has 0 saturated carbocycles. The van der Waals surface area contributed by atoms with Crippen LogP contribution in [0.3, 0.4) is 0 Å². The van der Waals surface area contributed by atoms with Gasteiger partial charge in [0.2, 0.25) is 0 Å². The van der Waals surface area contributed by atoms with Crippen molar-refractivity contribution in [2.75, 3.05) is 0 Å². The average molecular weight is 361 g/mol. The lowest BCUT2D eigenvalue weighted by Gasteiger charge is -2.21. The molecule has 1 N–H and O–H groups in total. The quantitative estimate of drug-likeness (QED) is 0.666. The third-order valence-electron chi connectivity index (χ3n) is 3.67. The number of nitrogens with zero attached hydrogens (tertiary/aromatic N) is 1. The van der Waals surface area contributed by atoms with Crippen LogP contribution in [0.15, 0.2) is 52.4 Å². The first-order valence-electron chi connectivity index (χ1n) is 6.98. The van der Waals surface area contributed by atoms with Gasteiger partial charge in [0.15, 0.2) is 0 Å². The van der Waals surface area contributed by atoms with E-state index in [4.69, 9.17) is 0 Å². The summed E-state index contributed by atoms with van der Waals surface area (Å²) in [4.78, 5) is 4.52. The van der Waals surface area contributed by atoms with Crippen molar-refractivity contribution in [3.05, 3.63) is 63.6 Å². The van der Waals surface area contributed by atoms with E-state index in [1.807, 2.05) is 12.3 Å². The van der Waals surface area contributed by atoms with Crippen molar-refractivity contribution in [3.63, 3.8) is 0 Å². The average Bonchev–Trinajstić information content (AvgIpc) is 2.94. The van der Waals surface area contributed by atoms with Crippen LogP contribution in [-0.4, -0.2) is 4.98 Å². The Morgan fingerprint density at radius 1 is 1.10 bits per heavy atom. The van der Waals surface area contributed by atoms with Gasteiger partial charge in [0.25, 0.3) is 0 Å². The molecule has 21 heavy (non-hydrogen) atoms. The fourth-order valence-corrected chi connectivity index (χ4v) is 3.65. The summed E-state index contributed by atoms with van der Waals surface area (Å²) in [5, 5.41) is 5.73. The van der Waals surface area contributed by atoms with Gasteiger partial charge in [-0.15, -0.1) is 11.3 Å². The Balaban J connectivity index is 1.77. The molecule has 2 aromatic heterocycles. The number of rotatable bonds is 4. The second-order valence-corrected chi connectivity index (χ2v) is 7.10. The van der Waals surface area contributed by atoms with Crippen LogP contribution in [0.2, 0.25) is 0 Å². The summed E-state index contributed by atoms with van der Waals surface area (Å²) in [7, 11) is 0. The highest BCUT2D eigenvalue weighted by Crippen LogP contribution is 2.25. The highest BCUT2D eigenvalue weighted by molar-refractivity contribution is 9.10. The number of thiophene rings is 1. The molecule has 0 radical (unpaired) electrons. The highest BCUT2D eigenvalue weighted by atomic mass is 79.9. The summed E-state index contributed by atoms with van der Waals surface area (Å²) in [6.07, 6.45) is 1.97. The van der Waals surface area contributed by atoms with Gasteiger partial charge in [-0.25, -0.2) is 0 Å². The van der Waals surface area contributed by atoms with Gasteiger partial charge >= 0.3 is 0 Å². The Labute approximate surface area is 137 Å². The number of hydrogen-bond donors (Lipinski definition) is 1. The zero-order valence-electron chi connectivity index (χ0n) is 12.0. The SMILES string of the molecule is CC(N[C@@H](C)c1cccc(Br)c1)c1cnc2ccsc2c1. The topological polar surface area (TPSA) is 24.9 Å². The smallest absolute Gasteiger partial charge is 0.0809 e. The van der Waals surface area contributed by atoms with E-state index in [-0.39, 0.29) is 12.1 Å². The number of halogens is 1. The van der Waals surface area contributed by atoms with Gasteiger partial charge in [-0.05, 0) is 54.6 Å². The maximum absolute atomic E-state index is 4.52. The van der Waals surface area contributed by atoms with Crippen molar-refractivity contribution in [1.29, 1.82) is 0 Å². The van der Waals surface area contributed by atoms with Crippen LogP contribution < -0.4 is 5.32 Å². The molecule has 0 fully saturated rings. The molecule has 0 aliphatic carbocycles. The van der Waals surface area contributed by atoms with E-state index in [2.05, 4.69) is 75.8 Å². The van der Waals surface area contributed by atoms with E-state index in [1.54, 1.807) is 11.3 Å². The Bertz CT molecular complexity index is 753. The lowest BCUT2D eigenvalue weighted by atomic mass is 10.1. The van der Waals surface area contributed by atoms with E-state index in [9.17, 15) is 0 Å². The fourth-order valence-electron chi connectivity index (χ4n) is 2.44. The van der Waals surface area contributed by atoms with Gasteiger partial charge in [-0.3, -0.25) is 4.98 Å². The normalized spacial score (nSPS) is 14.2. The summed E-state index contributed by atoms with van der Waals surface area (Å²) < 4.78 is 2.36. The van der Waals surface area contributed by atoms with Gasteiger partial charge in [0.1, 0.15) is 0 Å². The molecule has 0 bridgehead atoms.